The average molecular weight is 229 g/mol. The van der Waals surface area contributed by atoms with Gasteiger partial charge in [-0.05, 0) is 0 Å². The van der Waals surface area contributed by atoms with Crippen LogP contribution in [0.5, 0.6) is 0 Å². The van der Waals surface area contributed by atoms with Gasteiger partial charge < -0.3 is 11.5 Å². The van der Waals surface area contributed by atoms with Crippen LogP contribution in [0.25, 0.3) is 0 Å². The van der Waals surface area contributed by atoms with E-state index in [2.05, 4.69) is 11.5 Å². The van der Waals surface area contributed by atoms with E-state index >= 15 is 0 Å². The van der Waals surface area contributed by atoms with Crippen LogP contribution in [-0.2, 0) is 19.5 Å². The van der Waals surface area contributed by atoms with Gasteiger partial charge in [-0.3, -0.25) is 0 Å². The molecule has 0 amide bonds. The second kappa shape index (κ2) is 7.51. The van der Waals surface area contributed by atoms with Gasteiger partial charge >= 0.3 is 19.5 Å². The first-order valence-electron chi connectivity index (χ1n) is 3.15. The Morgan fingerprint density at radius 1 is 0.818 bits per heavy atom. The third kappa shape index (κ3) is 5.83. The second-order valence-corrected chi connectivity index (χ2v) is 1.77. The van der Waals surface area contributed by atoms with Crippen LogP contribution in [0, 0.1) is 25.7 Å². The van der Waals surface area contributed by atoms with Gasteiger partial charge in [0.25, 0.3) is 0 Å². The van der Waals surface area contributed by atoms with Gasteiger partial charge in [-0.2, -0.15) is 12.2 Å². The third-order valence-electron chi connectivity index (χ3n) is 0.992. The fourth-order valence-corrected chi connectivity index (χ4v) is 0.556. The summed E-state index contributed by atoms with van der Waals surface area (Å²) < 4.78 is 0. The third-order valence-corrected chi connectivity index (χ3v) is 0.992. The molecule has 0 saturated carbocycles. The van der Waals surface area contributed by atoms with Crippen molar-refractivity contribution in [2.75, 3.05) is 0 Å². The van der Waals surface area contributed by atoms with E-state index in [0.29, 0.717) is 0 Å². The minimum atomic E-state index is 0. The molecule has 0 fully saturated rings. The van der Waals surface area contributed by atoms with E-state index < -0.39 is 0 Å². The predicted octanol–water partition coefficient (Wildman–Crippen LogP) is 2.24. The fraction of sp³-hybridized carbons (Fsp3) is 0. The Labute approximate surface area is 81.1 Å². The van der Waals surface area contributed by atoms with Gasteiger partial charge in [0, 0.05) is 0 Å². The Hall–Kier alpha value is -0.597. The molecule has 0 aliphatic heterocycles. The van der Waals surface area contributed by atoms with Crippen molar-refractivity contribution in [3.8, 4) is 0 Å². The summed E-state index contributed by atoms with van der Waals surface area (Å²) in [6.45, 7) is 0. The molecule has 0 atom stereocenters. The number of hydrogen-bond acceptors (Lipinski definition) is 0. The summed E-state index contributed by atoms with van der Waals surface area (Å²) >= 11 is 0. The zero-order chi connectivity index (χ0) is 7.07. The molecular weight excluding hydrogens is 221 g/mol. The van der Waals surface area contributed by atoms with Crippen LogP contribution in [0.4, 0.5) is 0 Å². The monoisotopic (exact) mass is 230 g/mol. The summed E-state index contributed by atoms with van der Waals surface area (Å²) in [4.78, 5) is 0. The van der Waals surface area contributed by atoms with Gasteiger partial charge in [0.05, 0.1) is 0 Å². The van der Waals surface area contributed by atoms with Crippen molar-refractivity contribution in [2.24, 2.45) is 0 Å². The molecule has 0 spiro atoms. The quantitative estimate of drug-likeness (QED) is 0.339. The Bertz CT molecular complexity index is 161. The summed E-state index contributed by atoms with van der Waals surface area (Å²) in [7, 11) is 0. The molecule has 2 aliphatic carbocycles. The van der Waals surface area contributed by atoms with Crippen LogP contribution in [-0.4, -0.2) is 0 Å². The van der Waals surface area contributed by atoms with E-state index in [1.54, 1.807) is 0 Å². The standard InChI is InChI=1S/2C5H4.Ru/c2*1-2-4-5-3-1;/h2*1-4H;/q2*-1;+2. The van der Waals surface area contributed by atoms with Crippen LogP contribution in [0.2, 0.25) is 0 Å². The van der Waals surface area contributed by atoms with Crippen molar-refractivity contribution < 1.29 is 19.5 Å². The van der Waals surface area contributed by atoms with Crippen LogP contribution >= 0.6 is 0 Å². The molecule has 0 aromatic heterocycles. The molecule has 56 valence electrons. The maximum Gasteiger partial charge on any atom is 2.00 e. The largest absolute Gasteiger partial charge is 2.00 e. The van der Waals surface area contributed by atoms with Crippen molar-refractivity contribution in [1.29, 1.82) is 0 Å². The summed E-state index contributed by atoms with van der Waals surface area (Å²) in [5.74, 6) is 0. The SMILES string of the molecule is C1=C[CH][CH-]C=1.C1=C[CH][CH-]C=1.[Ru+2]. The fourth-order valence-electron chi connectivity index (χ4n) is 0.556. The first-order chi connectivity index (χ1) is 5.00. The maximum atomic E-state index is 2.86. The molecule has 0 saturated heterocycles. The molecule has 2 radical (unpaired) electrons. The smallest absolute Gasteiger partial charge is 0.354 e. The molecule has 0 aromatic carbocycles. The zero-order valence-electron chi connectivity index (χ0n) is 5.97. The molecule has 1 heteroatoms. The molecule has 0 aromatic rings. The van der Waals surface area contributed by atoms with Crippen molar-refractivity contribution in [3.63, 3.8) is 0 Å². The van der Waals surface area contributed by atoms with Crippen molar-refractivity contribution in [2.45, 2.75) is 0 Å². The minimum Gasteiger partial charge on any atom is -0.354 e. The van der Waals surface area contributed by atoms with E-state index in [4.69, 9.17) is 0 Å². The number of hydrogen-bond donors (Lipinski definition) is 0. The van der Waals surface area contributed by atoms with Gasteiger partial charge in [-0.1, -0.05) is 12.8 Å². The average Bonchev–Trinajstić information content (AvgIpc) is 2.67. The van der Waals surface area contributed by atoms with Crippen molar-refractivity contribution in [1.82, 2.24) is 0 Å². The Kier molecular flexibility index (Phi) is 7.10. The number of rotatable bonds is 0. The normalized spacial score (nSPS) is 14.5. The van der Waals surface area contributed by atoms with E-state index in [-0.39, 0.29) is 19.5 Å². The predicted molar refractivity (Wildman–Crippen MR) is 42.5 cm³/mol. The van der Waals surface area contributed by atoms with Crippen molar-refractivity contribution >= 4 is 0 Å². The summed E-state index contributed by atoms with van der Waals surface area (Å²) in [5.41, 5.74) is 5.72. The topological polar surface area (TPSA) is 0 Å². The minimum absolute atomic E-state index is 0. The van der Waals surface area contributed by atoms with E-state index in [0.717, 1.165) is 0 Å². The van der Waals surface area contributed by atoms with Crippen molar-refractivity contribution in [3.05, 3.63) is 61.4 Å². The van der Waals surface area contributed by atoms with Gasteiger partial charge in [0.1, 0.15) is 0 Å². The molecule has 11 heavy (non-hydrogen) atoms. The Balaban J connectivity index is 0.000000167. The van der Waals surface area contributed by atoms with E-state index in [1.165, 1.54) is 0 Å². The first-order valence-corrected chi connectivity index (χ1v) is 3.15. The van der Waals surface area contributed by atoms with Crippen LogP contribution < -0.4 is 0 Å². The van der Waals surface area contributed by atoms with Gasteiger partial charge in [0.2, 0.25) is 0 Å². The second-order valence-electron chi connectivity index (χ2n) is 1.77. The molecule has 0 bridgehead atoms. The zero-order valence-corrected chi connectivity index (χ0v) is 7.71. The maximum absolute atomic E-state index is 2.86. The van der Waals surface area contributed by atoms with Crippen LogP contribution in [0.15, 0.2) is 35.8 Å². The van der Waals surface area contributed by atoms with Gasteiger partial charge in [-0.15, -0.1) is 0 Å². The van der Waals surface area contributed by atoms with E-state index in [9.17, 15) is 0 Å². The van der Waals surface area contributed by atoms with Gasteiger partial charge in [0.15, 0.2) is 0 Å². The molecule has 0 nitrogen and oxygen atoms in total. The summed E-state index contributed by atoms with van der Waals surface area (Å²) in [6, 6.07) is 0. The molecule has 0 unspecified atom stereocenters. The van der Waals surface area contributed by atoms with Crippen LogP contribution in [0.3, 0.4) is 0 Å². The Morgan fingerprint density at radius 2 is 1.27 bits per heavy atom. The first kappa shape index (κ1) is 10.4. The van der Waals surface area contributed by atoms with Crippen LogP contribution in [0.1, 0.15) is 0 Å². The molecule has 2 aliphatic rings. The summed E-state index contributed by atoms with van der Waals surface area (Å²) in [6.07, 6.45) is 15.3. The summed E-state index contributed by atoms with van der Waals surface area (Å²) in [5, 5.41) is 0. The molecular formula is C10H8Ru. The molecule has 2 rings (SSSR count). The Morgan fingerprint density at radius 3 is 1.36 bits per heavy atom. The molecule has 0 N–H and O–H groups in total. The van der Waals surface area contributed by atoms with Gasteiger partial charge in [-0.25, -0.2) is 25.0 Å². The number of allylic oxidation sites excluding steroid dienone is 2. The van der Waals surface area contributed by atoms with E-state index in [1.807, 2.05) is 50.0 Å². The molecule has 0 heterocycles.